The number of fused-ring (bicyclic) bond motifs is 1. The van der Waals surface area contributed by atoms with Gasteiger partial charge >= 0.3 is 6.36 Å². The smallest absolute Gasteiger partial charge is 0.503 e. The Labute approximate surface area is 210 Å². The van der Waals surface area contributed by atoms with Gasteiger partial charge < -0.3 is 14.3 Å². The summed E-state index contributed by atoms with van der Waals surface area (Å²) < 4.78 is 48.1. The van der Waals surface area contributed by atoms with Crippen molar-refractivity contribution >= 4 is 44.3 Å². The molecule has 1 aromatic heterocycles. The number of benzene rings is 3. The third-order valence-corrected chi connectivity index (χ3v) is 6.11. The zero-order chi connectivity index (χ0) is 25.6. The van der Waals surface area contributed by atoms with E-state index in [4.69, 9.17) is 4.42 Å². The molecular formula is C26H15BrF3NO5. The summed E-state index contributed by atoms with van der Waals surface area (Å²) in [4.78, 5) is 27.9. The first-order valence-corrected chi connectivity index (χ1v) is 11.3. The SMILES string of the molecule is O=C(C1=C(O)C(=O)N(c2ccc(OC(F)(F)F)cc2)C1c1ccccc1)c1cc2cc(Br)ccc2o1. The van der Waals surface area contributed by atoms with Crippen molar-refractivity contribution in [2.75, 3.05) is 4.90 Å². The molecule has 0 saturated carbocycles. The lowest BCUT2D eigenvalue weighted by atomic mass is 9.95. The summed E-state index contributed by atoms with van der Waals surface area (Å²) in [6.45, 7) is 0. The second kappa shape index (κ2) is 8.87. The molecule has 36 heavy (non-hydrogen) atoms. The van der Waals surface area contributed by atoms with Crippen molar-refractivity contribution in [3.05, 3.63) is 106 Å². The number of carbonyl (C=O) groups is 2. The molecule has 0 fully saturated rings. The van der Waals surface area contributed by atoms with Gasteiger partial charge in [0.2, 0.25) is 5.78 Å². The number of carbonyl (C=O) groups excluding carboxylic acids is 2. The van der Waals surface area contributed by atoms with Crippen molar-refractivity contribution in [1.29, 1.82) is 0 Å². The summed E-state index contributed by atoms with van der Waals surface area (Å²) in [6, 6.07) is 18.7. The van der Waals surface area contributed by atoms with E-state index in [1.807, 2.05) is 0 Å². The van der Waals surface area contributed by atoms with Gasteiger partial charge in [0.15, 0.2) is 11.5 Å². The molecule has 0 bridgehead atoms. The molecule has 1 atom stereocenters. The number of amides is 1. The Balaban J connectivity index is 1.58. The first kappa shape index (κ1) is 23.7. The van der Waals surface area contributed by atoms with Crippen molar-refractivity contribution < 1.29 is 37.0 Å². The molecular weight excluding hydrogens is 543 g/mol. The van der Waals surface area contributed by atoms with Crippen LogP contribution in [0.2, 0.25) is 0 Å². The molecule has 3 aromatic carbocycles. The number of anilines is 1. The molecule has 2 heterocycles. The van der Waals surface area contributed by atoms with Crippen LogP contribution in [-0.4, -0.2) is 23.2 Å². The fraction of sp³-hybridized carbons (Fsp3) is 0.0769. The minimum atomic E-state index is -4.88. The summed E-state index contributed by atoms with van der Waals surface area (Å²) >= 11 is 3.36. The van der Waals surface area contributed by atoms with Gasteiger partial charge in [0.05, 0.1) is 11.6 Å². The van der Waals surface area contributed by atoms with Crippen LogP contribution in [0.4, 0.5) is 18.9 Å². The number of hydrogen-bond donors (Lipinski definition) is 1. The van der Waals surface area contributed by atoms with Crippen LogP contribution in [0.3, 0.4) is 0 Å². The van der Waals surface area contributed by atoms with Crippen LogP contribution in [0.5, 0.6) is 5.75 Å². The number of alkyl halides is 3. The van der Waals surface area contributed by atoms with Gasteiger partial charge in [0.25, 0.3) is 5.91 Å². The second-order valence-corrected chi connectivity index (χ2v) is 8.83. The average molecular weight is 558 g/mol. The van der Waals surface area contributed by atoms with Gasteiger partial charge in [-0.25, -0.2) is 0 Å². The van der Waals surface area contributed by atoms with Crippen molar-refractivity contribution in [3.63, 3.8) is 0 Å². The molecule has 10 heteroatoms. The quantitative estimate of drug-likeness (QED) is 0.271. The number of Topliss-reactive ketones (excluding diaryl/α,β-unsaturated/α-hetero) is 1. The minimum absolute atomic E-state index is 0.0749. The number of rotatable bonds is 5. The fourth-order valence-electron chi connectivity index (χ4n) is 4.12. The third kappa shape index (κ3) is 4.35. The highest BCUT2D eigenvalue weighted by Crippen LogP contribution is 2.43. The Kier molecular flexibility index (Phi) is 5.83. The van der Waals surface area contributed by atoms with Gasteiger partial charge in [-0.15, -0.1) is 13.2 Å². The Morgan fingerprint density at radius 2 is 1.69 bits per heavy atom. The van der Waals surface area contributed by atoms with E-state index >= 15 is 0 Å². The first-order chi connectivity index (χ1) is 17.1. The highest BCUT2D eigenvalue weighted by atomic mass is 79.9. The molecule has 1 aliphatic heterocycles. The van der Waals surface area contributed by atoms with Crippen LogP contribution in [0.25, 0.3) is 11.0 Å². The van der Waals surface area contributed by atoms with Gasteiger partial charge in [-0.1, -0.05) is 46.3 Å². The highest BCUT2D eigenvalue weighted by molar-refractivity contribution is 9.10. The van der Waals surface area contributed by atoms with Crippen molar-refractivity contribution in [3.8, 4) is 5.75 Å². The summed E-state index contributed by atoms with van der Waals surface area (Å²) in [7, 11) is 0. The molecule has 182 valence electrons. The van der Waals surface area contributed by atoms with Gasteiger partial charge in [-0.3, -0.25) is 14.5 Å². The Morgan fingerprint density at radius 1 is 1.00 bits per heavy atom. The molecule has 0 radical (unpaired) electrons. The lowest BCUT2D eigenvalue weighted by molar-refractivity contribution is -0.274. The van der Waals surface area contributed by atoms with E-state index in [9.17, 15) is 27.9 Å². The van der Waals surface area contributed by atoms with E-state index in [0.717, 1.165) is 21.5 Å². The lowest BCUT2D eigenvalue weighted by Crippen LogP contribution is -2.31. The van der Waals surface area contributed by atoms with E-state index in [-0.39, 0.29) is 17.0 Å². The number of hydrogen-bond acceptors (Lipinski definition) is 5. The van der Waals surface area contributed by atoms with Gasteiger partial charge in [-0.05, 0) is 54.1 Å². The van der Waals surface area contributed by atoms with Crippen LogP contribution in [0, 0.1) is 0 Å². The molecule has 6 nitrogen and oxygen atoms in total. The monoisotopic (exact) mass is 557 g/mol. The number of ether oxygens (including phenoxy) is 1. The first-order valence-electron chi connectivity index (χ1n) is 10.5. The van der Waals surface area contributed by atoms with Gasteiger partial charge in [-0.2, -0.15) is 0 Å². The van der Waals surface area contributed by atoms with E-state index < -0.39 is 35.6 Å². The third-order valence-electron chi connectivity index (χ3n) is 5.62. The van der Waals surface area contributed by atoms with Crippen LogP contribution in [-0.2, 0) is 4.79 Å². The molecule has 0 saturated heterocycles. The predicted molar refractivity (Wildman–Crippen MR) is 128 cm³/mol. The van der Waals surface area contributed by atoms with Gasteiger partial charge in [0, 0.05) is 15.5 Å². The van der Waals surface area contributed by atoms with E-state index in [1.54, 1.807) is 48.5 Å². The number of ketones is 1. The van der Waals surface area contributed by atoms with Crippen LogP contribution >= 0.6 is 15.9 Å². The summed E-state index contributed by atoms with van der Waals surface area (Å²) in [5.74, 6) is -2.89. The Morgan fingerprint density at radius 3 is 2.36 bits per heavy atom. The molecule has 1 unspecified atom stereocenters. The zero-order valence-electron chi connectivity index (χ0n) is 18.1. The van der Waals surface area contributed by atoms with Crippen molar-refractivity contribution in [2.24, 2.45) is 0 Å². The van der Waals surface area contributed by atoms with Crippen LogP contribution in [0.1, 0.15) is 22.2 Å². The minimum Gasteiger partial charge on any atom is -0.503 e. The average Bonchev–Trinajstić information content (AvgIpc) is 3.37. The molecule has 4 aromatic rings. The molecule has 0 spiro atoms. The largest absolute Gasteiger partial charge is 0.573 e. The molecule has 1 N–H and O–H groups in total. The highest BCUT2D eigenvalue weighted by Gasteiger charge is 2.45. The molecule has 5 rings (SSSR count). The number of halogens is 4. The Hall–Kier alpha value is -4.05. The van der Waals surface area contributed by atoms with E-state index in [0.29, 0.717) is 16.5 Å². The van der Waals surface area contributed by atoms with Crippen molar-refractivity contribution in [2.45, 2.75) is 12.4 Å². The maximum Gasteiger partial charge on any atom is 0.573 e. The second-order valence-electron chi connectivity index (χ2n) is 7.91. The molecule has 1 aliphatic rings. The number of furan rings is 1. The number of nitrogens with zero attached hydrogens (tertiary/aromatic N) is 1. The number of aliphatic hydroxyl groups excluding tert-OH is 1. The molecule has 0 aliphatic carbocycles. The summed E-state index contributed by atoms with van der Waals surface area (Å²) in [6.07, 6.45) is -4.88. The van der Waals surface area contributed by atoms with E-state index in [1.165, 1.54) is 18.2 Å². The topological polar surface area (TPSA) is 80.0 Å². The maximum absolute atomic E-state index is 13.6. The predicted octanol–water partition coefficient (Wildman–Crippen LogP) is 6.88. The van der Waals surface area contributed by atoms with E-state index in [2.05, 4.69) is 20.7 Å². The van der Waals surface area contributed by atoms with Gasteiger partial charge in [0.1, 0.15) is 11.3 Å². The normalized spacial score (nSPS) is 16.2. The Bertz CT molecular complexity index is 1510. The zero-order valence-corrected chi connectivity index (χ0v) is 19.7. The summed E-state index contributed by atoms with van der Waals surface area (Å²) in [5, 5.41) is 11.5. The lowest BCUT2D eigenvalue weighted by Gasteiger charge is -2.27. The van der Waals surface area contributed by atoms with Crippen molar-refractivity contribution in [1.82, 2.24) is 0 Å². The van der Waals surface area contributed by atoms with Crippen LogP contribution in [0.15, 0.2) is 99.1 Å². The number of aliphatic hydroxyl groups is 1. The maximum atomic E-state index is 13.6. The fourth-order valence-corrected chi connectivity index (χ4v) is 4.50. The molecule has 1 amide bonds. The standard InChI is InChI=1S/C26H15BrF3NO5/c27-16-6-11-19-15(12-16)13-20(35-19)23(32)21-22(14-4-2-1-3-5-14)31(25(34)24(21)33)17-7-9-18(10-8-17)36-26(28,29)30/h1-13,22,33H. The van der Waals surface area contributed by atoms with Crippen LogP contribution < -0.4 is 9.64 Å². The summed E-state index contributed by atoms with van der Waals surface area (Å²) in [5.41, 5.74) is 0.901.